The predicted octanol–water partition coefficient (Wildman–Crippen LogP) is 5.70. The number of halogens is 3. The molecule has 0 fully saturated rings. The third-order valence-electron chi connectivity index (χ3n) is 6.02. The molecule has 1 atom stereocenters. The Kier molecular flexibility index (Phi) is 10.1. The minimum Gasteiger partial charge on any atom is -0.357 e. The fourth-order valence-electron chi connectivity index (χ4n) is 3.91. The zero-order chi connectivity index (χ0) is 28.0. The first-order valence-corrected chi connectivity index (χ1v) is 14.4. The standard InChI is InChI=1S/C27H28Cl3N3O4S/c1-4-25(27(35)31-3)32(16-19-11-13-22(28)24(30)14-19)26(34)17-33(20-12-10-18(2)23(29)15-20)38(36,37)21-8-6-5-7-9-21/h5-15,25H,4,16-17H2,1-3H3,(H,31,35)/t25-/m1/s1. The maximum Gasteiger partial charge on any atom is 0.264 e. The van der Waals surface area contributed by atoms with Crippen molar-refractivity contribution in [3.8, 4) is 0 Å². The van der Waals surface area contributed by atoms with Gasteiger partial charge in [-0.15, -0.1) is 0 Å². The van der Waals surface area contributed by atoms with Gasteiger partial charge in [0.2, 0.25) is 11.8 Å². The van der Waals surface area contributed by atoms with Gasteiger partial charge in [0.25, 0.3) is 10.0 Å². The average molecular weight is 597 g/mol. The van der Waals surface area contributed by atoms with Gasteiger partial charge in [-0.2, -0.15) is 0 Å². The monoisotopic (exact) mass is 595 g/mol. The van der Waals surface area contributed by atoms with Gasteiger partial charge in [-0.1, -0.05) is 72.1 Å². The number of sulfonamides is 1. The summed E-state index contributed by atoms with van der Waals surface area (Å²) in [6, 6.07) is 16.6. The van der Waals surface area contributed by atoms with Crippen LogP contribution in [0.3, 0.4) is 0 Å². The van der Waals surface area contributed by atoms with Gasteiger partial charge in [0.1, 0.15) is 12.6 Å². The molecule has 202 valence electrons. The van der Waals surface area contributed by atoms with E-state index >= 15 is 0 Å². The number of nitrogens with one attached hydrogen (secondary N) is 1. The van der Waals surface area contributed by atoms with Crippen LogP contribution >= 0.6 is 34.8 Å². The van der Waals surface area contributed by atoms with E-state index in [4.69, 9.17) is 34.8 Å². The Morgan fingerprint density at radius 2 is 1.61 bits per heavy atom. The van der Waals surface area contributed by atoms with Gasteiger partial charge in [0.15, 0.2) is 0 Å². The van der Waals surface area contributed by atoms with Crippen LogP contribution in [0.5, 0.6) is 0 Å². The second-order valence-electron chi connectivity index (χ2n) is 8.57. The molecule has 0 aromatic heterocycles. The summed E-state index contributed by atoms with van der Waals surface area (Å²) in [5.74, 6) is -0.959. The molecule has 0 bridgehead atoms. The summed E-state index contributed by atoms with van der Waals surface area (Å²) < 4.78 is 28.5. The van der Waals surface area contributed by atoms with E-state index in [1.165, 1.54) is 30.1 Å². The molecule has 1 N–H and O–H groups in total. The lowest BCUT2D eigenvalue weighted by molar-refractivity contribution is -0.140. The number of benzene rings is 3. The maximum atomic E-state index is 13.9. The quantitative estimate of drug-likeness (QED) is 0.325. The van der Waals surface area contributed by atoms with Crippen molar-refractivity contribution in [3.63, 3.8) is 0 Å². The summed E-state index contributed by atoms with van der Waals surface area (Å²) in [6.45, 7) is 3.01. The highest BCUT2D eigenvalue weighted by atomic mass is 35.5. The highest BCUT2D eigenvalue weighted by Crippen LogP contribution is 2.29. The van der Waals surface area contributed by atoms with Crippen LogP contribution in [0.4, 0.5) is 5.69 Å². The van der Waals surface area contributed by atoms with Crippen molar-refractivity contribution < 1.29 is 18.0 Å². The number of aryl methyl sites for hydroxylation is 1. The third kappa shape index (κ3) is 6.80. The van der Waals surface area contributed by atoms with E-state index in [9.17, 15) is 18.0 Å². The molecule has 0 aliphatic heterocycles. The summed E-state index contributed by atoms with van der Waals surface area (Å²) in [4.78, 5) is 28.0. The number of hydrogen-bond donors (Lipinski definition) is 1. The first-order chi connectivity index (χ1) is 18.0. The minimum atomic E-state index is -4.17. The molecule has 7 nitrogen and oxygen atoms in total. The lowest BCUT2D eigenvalue weighted by Crippen LogP contribution is -2.51. The zero-order valence-electron chi connectivity index (χ0n) is 21.1. The largest absolute Gasteiger partial charge is 0.357 e. The van der Waals surface area contributed by atoms with Crippen molar-refractivity contribution in [2.24, 2.45) is 0 Å². The van der Waals surface area contributed by atoms with Crippen LogP contribution in [0.15, 0.2) is 71.6 Å². The molecule has 0 aliphatic rings. The number of nitrogens with zero attached hydrogens (tertiary/aromatic N) is 2. The maximum absolute atomic E-state index is 13.9. The van der Waals surface area contributed by atoms with Crippen molar-refractivity contribution in [2.75, 3.05) is 17.9 Å². The first kappa shape index (κ1) is 29.8. The molecule has 0 radical (unpaired) electrons. The molecule has 0 saturated heterocycles. The van der Waals surface area contributed by atoms with Gasteiger partial charge in [0, 0.05) is 18.6 Å². The molecule has 3 aromatic carbocycles. The molecule has 0 saturated carbocycles. The van der Waals surface area contributed by atoms with Crippen molar-refractivity contribution in [1.29, 1.82) is 0 Å². The first-order valence-electron chi connectivity index (χ1n) is 11.8. The van der Waals surface area contributed by atoms with Gasteiger partial charge in [-0.25, -0.2) is 8.42 Å². The van der Waals surface area contributed by atoms with Crippen LogP contribution < -0.4 is 9.62 Å². The van der Waals surface area contributed by atoms with E-state index < -0.39 is 28.5 Å². The zero-order valence-corrected chi connectivity index (χ0v) is 24.2. The van der Waals surface area contributed by atoms with Crippen LogP contribution in [0.1, 0.15) is 24.5 Å². The minimum absolute atomic E-state index is 0.00945. The van der Waals surface area contributed by atoms with Gasteiger partial charge in [-0.3, -0.25) is 13.9 Å². The molecule has 11 heteroatoms. The average Bonchev–Trinajstić information content (AvgIpc) is 2.90. The Morgan fingerprint density at radius 1 is 0.921 bits per heavy atom. The van der Waals surface area contributed by atoms with Crippen molar-refractivity contribution in [1.82, 2.24) is 10.2 Å². The summed E-state index contributed by atoms with van der Waals surface area (Å²) in [6.07, 6.45) is 0.300. The molecule has 0 unspecified atom stereocenters. The molecular formula is C27H28Cl3N3O4S. The normalized spacial score (nSPS) is 12.1. The summed E-state index contributed by atoms with van der Waals surface area (Å²) in [5.41, 5.74) is 1.61. The Balaban J connectivity index is 2.08. The van der Waals surface area contributed by atoms with E-state index in [0.29, 0.717) is 27.1 Å². The number of carbonyl (C=O) groups excluding carboxylic acids is 2. The molecule has 38 heavy (non-hydrogen) atoms. The molecule has 3 rings (SSSR count). The number of hydrogen-bond acceptors (Lipinski definition) is 4. The smallest absolute Gasteiger partial charge is 0.264 e. The van der Waals surface area contributed by atoms with E-state index in [1.807, 2.05) is 0 Å². The van der Waals surface area contributed by atoms with Crippen molar-refractivity contribution in [3.05, 3.63) is 92.9 Å². The molecular weight excluding hydrogens is 569 g/mol. The summed E-state index contributed by atoms with van der Waals surface area (Å²) in [5, 5.41) is 3.59. The predicted molar refractivity (Wildman–Crippen MR) is 152 cm³/mol. The molecule has 0 aliphatic carbocycles. The Morgan fingerprint density at radius 3 is 2.18 bits per heavy atom. The van der Waals surface area contributed by atoms with Gasteiger partial charge in [0.05, 0.1) is 20.6 Å². The second kappa shape index (κ2) is 12.8. The third-order valence-corrected chi connectivity index (χ3v) is 8.96. The van der Waals surface area contributed by atoms with Crippen LogP contribution in [0.25, 0.3) is 0 Å². The summed E-state index contributed by atoms with van der Waals surface area (Å²) in [7, 11) is -2.69. The number of likely N-dealkylation sites (N-methyl/N-ethyl adjacent to an activating group) is 1. The van der Waals surface area contributed by atoms with Gasteiger partial charge >= 0.3 is 0 Å². The van der Waals surface area contributed by atoms with Crippen molar-refractivity contribution >= 4 is 62.3 Å². The van der Waals surface area contributed by atoms with Crippen LogP contribution in [0, 0.1) is 6.92 Å². The molecule has 0 heterocycles. The van der Waals surface area contributed by atoms with Crippen LogP contribution in [0.2, 0.25) is 15.1 Å². The highest BCUT2D eigenvalue weighted by Gasteiger charge is 2.33. The fraction of sp³-hybridized carbons (Fsp3) is 0.259. The fourth-order valence-corrected chi connectivity index (χ4v) is 5.83. The summed E-state index contributed by atoms with van der Waals surface area (Å²) >= 11 is 18.6. The van der Waals surface area contributed by atoms with Crippen molar-refractivity contribution in [2.45, 2.75) is 37.8 Å². The van der Waals surface area contributed by atoms with Crippen LogP contribution in [-0.4, -0.2) is 44.8 Å². The Labute approximate surface area is 238 Å². The van der Waals surface area contributed by atoms with E-state index in [-0.39, 0.29) is 23.0 Å². The lowest BCUT2D eigenvalue weighted by Gasteiger charge is -2.33. The van der Waals surface area contributed by atoms with Gasteiger partial charge in [-0.05, 0) is 60.9 Å². The Hall–Kier alpha value is -2.78. The number of carbonyl (C=O) groups is 2. The number of amides is 2. The second-order valence-corrected chi connectivity index (χ2v) is 11.7. The molecule has 0 spiro atoms. The van der Waals surface area contributed by atoms with E-state index in [1.54, 1.807) is 62.4 Å². The van der Waals surface area contributed by atoms with Crippen LogP contribution in [-0.2, 0) is 26.2 Å². The highest BCUT2D eigenvalue weighted by molar-refractivity contribution is 7.92. The lowest BCUT2D eigenvalue weighted by atomic mass is 10.1. The number of anilines is 1. The van der Waals surface area contributed by atoms with E-state index in [0.717, 1.165) is 9.87 Å². The number of rotatable bonds is 10. The SMILES string of the molecule is CC[C@H](C(=O)NC)N(Cc1ccc(Cl)c(Cl)c1)C(=O)CN(c1ccc(C)c(Cl)c1)S(=O)(=O)c1ccccc1. The topological polar surface area (TPSA) is 86.8 Å². The molecule has 2 amide bonds. The molecule has 3 aromatic rings. The Bertz CT molecular complexity index is 1420. The van der Waals surface area contributed by atoms with E-state index in [2.05, 4.69) is 5.32 Å². The van der Waals surface area contributed by atoms with Gasteiger partial charge < -0.3 is 10.2 Å².